The van der Waals surface area contributed by atoms with E-state index in [4.69, 9.17) is 4.74 Å². The van der Waals surface area contributed by atoms with Gasteiger partial charge in [-0.15, -0.1) is 0 Å². The molecule has 1 aromatic carbocycles. The SMILES string of the molecule is COc1c(C(C)C)cc(Br)c(C)c1C(C)C(=O)O. The van der Waals surface area contributed by atoms with Crippen LogP contribution < -0.4 is 4.74 Å². The number of hydrogen-bond acceptors (Lipinski definition) is 2. The minimum Gasteiger partial charge on any atom is -0.496 e. The Morgan fingerprint density at radius 3 is 2.33 bits per heavy atom. The lowest BCUT2D eigenvalue weighted by Crippen LogP contribution is -2.12. The zero-order valence-corrected chi connectivity index (χ0v) is 13.0. The Bertz CT molecular complexity index is 467. The summed E-state index contributed by atoms with van der Waals surface area (Å²) in [6.07, 6.45) is 0. The Kier molecular flexibility index (Phi) is 4.79. The minimum absolute atomic E-state index is 0.275. The Morgan fingerprint density at radius 1 is 1.39 bits per heavy atom. The van der Waals surface area contributed by atoms with Gasteiger partial charge in [-0.3, -0.25) is 4.79 Å². The van der Waals surface area contributed by atoms with Crippen molar-refractivity contribution < 1.29 is 14.6 Å². The normalized spacial score (nSPS) is 12.6. The first-order valence-electron chi connectivity index (χ1n) is 5.90. The monoisotopic (exact) mass is 314 g/mol. The van der Waals surface area contributed by atoms with Gasteiger partial charge in [-0.2, -0.15) is 0 Å². The summed E-state index contributed by atoms with van der Waals surface area (Å²) < 4.78 is 6.39. The third-order valence-corrected chi connectivity index (χ3v) is 4.00. The van der Waals surface area contributed by atoms with Crippen LogP contribution in [0.2, 0.25) is 0 Å². The molecule has 3 nitrogen and oxygen atoms in total. The fraction of sp³-hybridized carbons (Fsp3) is 0.500. The van der Waals surface area contributed by atoms with E-state index in [1.807, 2.05) is 13.0 Å². The maximum Gasteiger partial charge on any atom is 0.310 e. The molecule has 0 radical (unpaired) electrons. The molecule has 100 valence electrons. The van der Waals surface area contributed by atoms with Gasteiger partial charge in [0.25, 0.3) is 0 Å². The molecule has 0 heterocycles. The zero-order chi connectivity index (χ0) is 14.0. The zero-order valence-electron chi connectivity index (χ0n) is 11.4. The van der Waals surface area contributed by atoms with Crippen LogP contribution in [0.3, 0.4) is 0 Å². The average molecular weight is 315 g/mol. The van der Waals surface area contributed by atoms with Gasteiger partial charge in [0, 0.05) is 10.0 Å². The topological polar surface area (TPSA) is 46.5 Å². The van der Waals surface area contributed by atoms with Gasteiger partial charge in [-0.05, 0) is 37.0 Å². The van der Waals surface area contributed by atoms with Crippen LogP contribution in [0.15, 0.2) is 10.5 Å². The molecule has 0 spiro atoms. The maximum atomic E-state index is 11.2. The van der Waals surface area contributed by atoms with Crippen molar-refractivity contribution in [1.29, 1.82) is 0 Å². The molecule has 0 bridgehead atoms. The summed E-state index contributed by atoms with van der Waals surface area (Å²) in [5.41, 5.74) is 2.70. The molecule has 1 unspecified atom stereocenters. The molecule has 0 amide bonds. The van der Waals surface area contributed by atoms with E-state index in [1.54, 1.807) is 14.0 Å². The first-order valence-corrected chi connectivity index (χ1v) is 6.70. The van der Waals surface area contributed by atoms with E-state index in [-0.39, 0.29) is 5.92 Å². The summed E-state index contributed by atoms with van der Waals surface area (Å²) in [6, 6.07) is 2.01. The van der Waals surface area contributed by atoms with Gasteiger partial charge in [0.1, 0.15) is 5.75 Å². The van der Waals surface area contributed by atoms with Crippen molar-refractivity contribution in [2.75, 3.05) is 7.11 Å². The van der Waals surface area contributed by atoms with E-state index in [9.17, 15) is 9.90 Å². The summed E-state index contributed by atoms with van der Waals surface area (Å²) >= 11 is 3.50. The predicted octanol–water partition coefficient (Wildman–Crippen LogP) is 4.08. The number of ether oxygens (including phenoxy) is 1. The van der Waals surface area contributed by atoms with Crippen molar-refractivity contribution in [2.24, 2.45) is 0 Å². The van der Waals surface area contributed by atoms with E-state index in [0.29, 0.717) is 5.75 Å². The number of halogens is 1. The van der Waals surface area contributed by atoms with Crippen LogP contribution in [0, 0.1) is 6.92 Å². The first kappa shape index (κ1) is 15.0. The largest absolute Gasteiger partial charge is 0.496 e. The van der Waals surface area contributed by atoms with Crippen molar-refractivity contribution in [3.05, 3.63) is 27.2 Å². The molecule has 1 N–H and O–H groups in total. The molecular weight excluding hydrogens is 296 g/mol. The molecule has 1 aromatic rings. The van der Waals surface area contributed by atoms with Crippen LogP contribution in [-0.2, 0) is 4.79 Å². The number of carboxylic acids is 1. The van der Waals surface area contributed by atoms with Crippen LogP contribution in [0.1, 0.15) is 49.3 Å². The van der Waals surface area contributed by atoms with E-state index in [2.05, 4.69) is 29.8 Å². The van der Waals surface area contributed by atoms with Crippen molar-refractivity contribution >= 4 is 21.9 Å². The van der Waals surface area contributed by atoms with Crippen LogP contribution in [0.25, 0.3) is 0 Å². The highest BCUT2D eigenvalue weighted by molar-refractivity contribution is 9.10. The highest BCUT2D eigenvalue weighted by Gasteiger charge is 2.25. The van der Waals surface area contributed by atoms with Crippen LogP contribution >= 0.6 is 15.9 Å². The van der Waals surface area contributed by atoms with Crippen LogP contribution in [-0.4, -0.2) is 18.2 Å². The van der Waals surface area contributed by atoms with Gasteiger partial charge < -0.3 is 9.84 Å². The molecule has 0 fully saturated rings. The molecule has 0 aliphatic carbocycles. The second-order valence-corrected chi connectivity index (χ2v) is 5.59. The fourth-order valence-electron chi connectivity index (χ4n) is 2.07. The van der Waals surface area contributed by atoms with Crippen molar-refractivity contribution in [3.63, 3.8) is 0 Å². The van der Waals surface area contributed by atoms with Gasteiger partial charge in [0.05, 0.1) is 13.0 Å². The quantitative estimate of drug-likeness (QED) is 0.911. The van der Waals surface area contributed by atoms with E-state index < -0.39 is 11.9 Å². The molecule has 4 heteroatoms. The summed E-state index contributed by atoms with van der Waals surface area (Å²) in [7, 11) is 1.59. The lowest BCUT2D eigenvalue weighted by atomic mass is 9.89. The smallest absolute Gasteiger partial charge is 0.310 e. The van der Waals surface area contributed by atoms with Crippen LogP contribution in [0.5, 0.6) is 5.75 Å². The number of hydrogen-bond donors (Lipinski definition) is 1. The predicted molar refractivity (Wildman–Crippen MR) is 75.6 cm³/mol. The third kappa shape index (κ3) is 2.69. The maximum absolute atomic E-state index is 11.2. The van der Waals surface area contributed by atoms with Crippen molar-refractivity contribution in [1.82, 2.24) is 0 Å². The molecule has 1 atom stereocenters. The van der Waals surface area contributed by atoms with E-state index >= 15 is 0 Å². The Hall–Kier alpha value is -1.03. The van der Waals surface area contributed by atoms with Crippen LogP contribution in [0.4, 0.5) is 0 Å². The number of carbonyl (C=O) groups is 1. The Balaban J connectivity index is 3.60. The molecular formula is C14H19BrO3. The number of rotatable bonds is 4. The number of methoxy groups -OCH3 is 1. The minimum atomic E-state index is -0.843. The molecule has 0 aromatic heterocycles. The average Bonchev–Trinajstić information content (AvgIpc) is 2.30. The lowest BCUT2D eigenvalue weighted by molar-refractivity contribution is -0.138. The van der Waals surface area contributed by atoms with Gasteiger partial charge in [-0.25, -0.2) is 0 Å². The third-order valence-electron chi connectivity index (χ3n) is 3.18. The van der Waals surface area contributed by atoms with E-state index in [1.165, 1.54) is 0 Å². The first-order chi connectivity index (χ1) is 8.31. The molecule has 0 saturated carbocycles. The highest BCUT2D eigenvalue weighted by atomic mass is 79.9. The van der Waals surface area contributed by atoms with Crippen molar-refractivity contribution in [2.45, 2.75) is 39.5 Å². The molecule has 1 rings (SSSR count). The lowest BCUT2D eigenvalue weighted by Gasteiger charge is -2.21. The van der Waals surface area contributed by atoms with Gasteiger partial charge in [-0.1, -0.05) is 29.8 Å². The number of carboxylic acid groups (broad SMARTS) is 1. The van der Waals surface area contributed by atoms with E-state index in [0.717, 1.165) is 21.2 Å². The summed E-state index contributed by atoms with van der Waals surface area (Å²) in [5.74, 6) is -0.462. The Morgan fingerprint density at radius 2 is 1.94 bits per heavy atom. The summed E-state index contributed by atoms with van der Waals surface area (Å²) in [6.45, 7) is 7.72. The highest BCUT2D eigenvalue weighted by Crippen LogP contribution is 2.40. The molecule has 18 heavy (non-hydrogen) atoms. The van der Waals surface area contributed by atoms with Gasteiger partial charge in [0.15, 0.2) is 0 Å². The fourth-order valence-corrected chi connectivity index (χ4v) is 2.53. The summed E-state index contributed by atoms with van der Waals surface area (Å²) in [4.78, 5) is 11.2. The van der Waals surface area contributed by atoms with Gasteiger partial charge in [0.2, 0.25) is 0 Å². The Labute approximate surface area is 116 Å². The number of aliphatic carboxylic acids is 1. The summed E-state index contributed by atoms with van der Waals surface area (Å²) in [5, 5.41) is 9.23. The second-order valence-electron chi connectivity index (χ2n) is 4.73. The number of benzene rings is 1. The molecule has 0 aliphatic rings. The molecule has 0 saturated heterocycles. The van der Waals surface area contributed by atoms with Gasteiger partial charge >= 0.3 is 5.97 Å². The molecule has 0 aliphatic heterocycles. The standard InChI is InChI=1S/C14H19BrO3/c1-7(2)10-6-11(15)8(3)12(13(10)18-5)9(4)14(16)17/h6-7,9H,1-5H3,(H,16,17). The second kappa shape index (κ2) is 5.74. The van der Waals surface area contributed by atoms with Crippen molar-refractivity contribution in [3.8, 4) is 5.75 Å².